The molecular formula is C12H13Cl2NO2. The first-order valence-electron chi connectivity index (χ1n) is 5.00. The Labute approximate surface area is 110 Å². The molecule has 0 radical (unpaired) electrons. The van der Waals surface area contributed by atoms with Crippen molar-refractivity contribution < 1.29 is 9.90 Å². The molecule has 0 aliphatic rings. The molecule has 0 spiro atoms. The summed E-state index contributed by atoms with van der Waals surface area (Å²) >= 11 is 11.8. The van der Waals surface area contributed by atoms with E-state index in [1.807, 2.05) is 24.1 Å². The standard InChI is InChI=1S/C12H13Cl2NO2/c1-15(4-2-3-12(16)17)8-9-5-10(13)7-11(14)6-9/h2-3,5-7H,4,8H2,1H3,(H,16,17)/b3-2+. The predicted molar refractivity (Wildman–Crippen MR) is 69.6 cm³/mol. The average Bonchev–Trinajstić information content (AvgIpc) is 2.14. The number of hydrogen-bond donors (Lipinski definition) is 1. The van der Waals surface area contributed by atoms with Crippen molar-refractivity contribution in [3.8, 4) is 0 Å². The summed E-state index contributed by atoms with van der Waals surface area (Å²) in [4.78, 5) is 12.2. The van der Waals surface area contributed by atoms with Crippen LogP contribution in [0.2, 0.25) is 10.0 Å². The van der Waals surface area contributed by atoms with Crippen LogP contribution in [0.4, 0.5) is 0 Å². The predicted octanol–water partition coefficient (Wildman–Crippen LogP) is 3.07. The lowest BCUT2D eigenvalue weighted by Gasteiger charge is -2.14. The highest BCUT2D eigenvalue weighted by atomic mass is 35.5. The van der Waals surface area contributed by atoms with Gasteiger partial charge in [0.15, 0.2) is 0 Å². The van der Waals surface area contributed by atoms with E-state index in [1.165, 1.54) is 0 Å². The van der Waals surface area contributed by atoms with E-state index in [4.69, 9.17) is 28.3 Å². The first-order chi connectivity index (χ1) is 7.97. The highest BCUT2D eigenvalue weighted by Crippen LogP contribution is 2.19. The van der Waals surface area contributed by atoms with Gasteiger partial charge in [-0.1, -0.05) is 29.3 Å². The number of hydrogen-bond acceptors (Lipinski definition) is 2. The van der Waals surface area contributed by atoms with Crippen molar-refractivity contribution >= 4 is 29.2 Å². The number of likely N-dealkylation sites (N-methyl/N-ethyl adjacent to an activating group) is 1. The molecule has 0 atom stereocenters. The van der Waals surface area contributed by atoms with Crippen LogP contribution in [0.5, 0.6) is 0 Å². The van der Waals surface area contributed by atoms with E-state index in [-0.39, 0.29) is 0 Å². The number of rotatable bonds is 5. The van der Waals surface area contributed by atoms with Crippen LogP contribution < -0.4 is 0 Å². The first-order valence-corrected chi connectivity index (χ1v) is 5.76. The van der Waals surface area contributed by atoms with E-state index in [0.29, 0.717) is 23.1 Å². The van der Waals surface area contributed by atoms with E-state index in [2.05, 4.69) is 0 Å². The Morgan fingerprint density at radius 2 is 1.94 bits per heavy atom. The van der Waals surface area contributed by atoms with Crippen molar-refractivity contribution in [3.05, 3.63) is 46.0 Å². The Morgan fingerprint density at radius 1 is 1.35 bits per heavy atom. The Hall–Kier alpha value is -1.03. The monoisotopic (exact) mass is 273 g/mol. The van der Waals surface area contributed by atoms with Gasteiger partial charge in [0.1, 0.15) is 0 Å². The Morgan fingerprint density at radius 3 is 2.47 bits per heavy atom. The van der Waals surface area contributed by atoms with E-state index in [9.17, 15) is 4.79 Å². The molecule has 0 fully saturated rings. The Kier molecular flexibility index (Phi) is 5.48. The van der Waals surface area contributed by atoms with Crippen molar-refractivity contribution in [2.24, 2.45) is 0 Å². The topological polar surface area (TPSA) is 40.5 Å². The van der Waals surface area contributed by atoms with Gasteiger partial charge in [0.2, 0.25) is 0 Å². The largest absolute Gasteiger partial charge is 0.478 e. The molecule has 3 nitrogen and oxygen atoms in total. The fourth-order valence-electron chi connectivity index (χ4n) is 1.41. The Bertz CT molecular complexity index is 412. The number of halogens is 2. The molecule has 92 valence electrons. The van der Waals surface area contributed by atoms with E-state index >= 15 is 0 Å². The zero-order chi connectivity index (χ0) is 12.8. The minimum absolute atomic E-state index is 0.552. The third-order valence-corrected chi connectivity index (χ3v) is 2.49. The summed E-state index contributed by atoms with van der Waals surface area (Å²) in [6, 6.07) is 5.35. The van der Waals surface area contributed by atoms with Gasteiger partial charge in [-0.15, -0.1) is 0 Å². The number of benzene rings is 1. The summed E-state index contributed by atoms with van der Waals surface area (Å²) < 4.78 is 0. The third-order valence-electron chi connectivity index (χ3n) is 2.05. The molecule has 0 bridgehead atoms. The van der Waals surface area contributed by atoms with Crippen LogP contribution in [0.3, 0.4) is 0 Å². The molecule has 1 aromatic carbocycles. The molecule has 0 aliphatic carbocycles. The quantitative estimate of drug-likeness (QED) is 0.839. The fraction of sp³-hybridized carbons (Fsp3) is 0.250. The van der Waals surface area contributed by atoms with E-state index in [1.54, 1.807) is 12.1 Å². The van der Waals surface area contributed by atoms with Gasteiger partial charge in [-0.2, -0.15) is 0 Å². The maximum absolute atomic E-state index is 10.3. The molecule has 0 saturated heterocycles. The van der Waals surface area contributed by atoms with Crippen molar-refractivity contribution in [1.29, 1.82) is 0 Å². The minimum Gasteiger partial charge on any atom is -0.478 e. The van der Waals surface area contributed by atoms with Crippen molar-refractivity contribution in [2.75, 3.05) is 13.6 Å². The highest BCUT2D eigenvalue weighted by molar-refractivity contribution is 6.34. The van der Waals surface area contributed by atoms with Gasteiger partial charge in [0.25, 0.3) is 0 Å². The summed E-state index contributed by atoms with van der Waals surface area (Å²) in [7, 11) is 1.89. The van der Waals surface area contributed by atoms with Crippen molar-refractivity contribution in [3.63, 3.8) is 0 Å². The van der Waals surface area contributed by atoms with Crippen molar-refractivity contribution in [1.82, 2.24) is 4.90 Å². The highest BCUT2D eigenvalue weighted by Gasteiger charge is 2.01. The smallest absolute Gasteiger partial charge is 0.328 e. The molecule has 0 heterocycles. The normalized spacial score (nSPS) is 11.3. The molecule has 0 aliphatic heterocycles. The van der Waals surface area contributed by atoms with Crippen LogP contribution in [-0.4, -0.2) is 29.6 Å². The molecule has 5 heteroatoms. The first kappa shape index (κ1) is 14.0. The number of carboxylic acid groups (broad SMARTS) is 1. The molecule has 0 saturated carbocycles. The van der Waals surface area contributed by atoms with Crippen molar-refractivity contribution in [2.45, 2.75) is 6.54 Å². The lowest BCUT2D eigenvalue weighted by molar-refractivity contribution is -0.131. The summed E-state index contributed by atoms with van der Waals surface area (Å²) in [5.74, 6) is -0.941. The lowest BCUT2D eigenvalue weighted by atomic mass is 10.2. The zero-order valence-electron chi connectivity index (χ0n) is 9.36. The summed E-state index contributed by atoms with van der Waals surface area (Å²) in [5.41, 5.74) is 0.994. The molecular weight excluding hydrogens is 261 g/mol. The van der Waals surface area contributed by atoms with Gasteiger partial charge < -0.3 is 5.11 Å². The SMILES string of the molecule is CN(C/C=C/C(=O)O)Cc1cc(Cl)cc(Cl)c1. The van der Waals surface area contributed by atoms with E-state index < -0.39 is 5.97 Å². The summed E-state index contributed by atoms with van der Waals surface area (Å²) in [5, 5.41) is 9.65. The maximum Gasteiger partial charge on any atom is 0.328 e. The van der Waals surface area contributed by atoms with Crippen LogP contribution in [0.15, 0.2) is 30.4 Å². The average molecular weight is 274 g/mol. The molecule has 0 aromatic heterocycles. The number of carboxylic acids is 1. The van der Waals surface area contributed by atoms with E-state index in [0.717, 1.165) is 11.6 Å². The van der Waals surface area contributed by atoms with Crippen LogP contribution in [0, 0.1) is 0 Å². The van der Waals surface area contributed by atoms with Gasteiger partial charge in [0.05, 0.1) is 0 Å². The van der Waals surface area contributed by atoms with Gasteiger partial charge in [-0.3, -0.25) is 4.90 Å². The lowest BCUT2D eigenvalue weighted by Crippen LogP contribution is -2.17. The number of nitrogens with zero attached hydrogens (tertiary/aromatic N) is 1. The fourth-order valence-corrected chi connectivity index (χ4v) is 1.98. The second-order valence-electron chi connectivity index (χ2n) is 3.72. The minimum atomic E-state index is -0.941. The van der Waals surface area contributed by atoms with Crippen LogP contribution in [-0.2, 0) is 11.3 Å². The Balaban J connectivity index is 2.55. The maximum atomic E-state index is 10.3. The van der Waals surface area contributed by atoms with Crippen LogP contribution in [0.1, 0.15) is 5.56 Å². The van der Waals surface area contributed by atoms with Crippen LogP contribution in [0.25, 0.3) is 0 Å². The van der Waals surface area contributed by atoms with Gasteiger partial charge in [-0.05, 0) is 30.8 Å². The molecule has 1 N–H and O–H groups in total. The van der Waals surface area contributed by atoms with Gasteiger partial charge in [-0.25, -0.2) is 4.79 Å². The molecule has 1 rings (SSSR count). The molecule has 17 heavy (non-hydrogen) atoms. The summed E-state index contributed by atoms with van der Waals surface area (Å²) in [6.07, 6.45) is 2.72. The molecule has 1 aromatic rings. The zero-order valence-corrected chi connectivity index (χ0v) is 10.9. The van der Waals surface area contributed by atoms with Gasteiger partial charge in [0, 0.05) is 29.2 Å². The second kappa shape index (κ2) is 6.64. The molecule has 0 amide bonds. The third kappa shape index (κ3) is 5.73. The summed E-state index contributed by atoms with van der Waals surface area (Å²) in [6.45, 7) is 1.21. The number of carbonyl (C=O) groups is 1. The number of aliphatic carboxylic acids is 1. The van der Waals surface area contributed by atoms with Gasteiger partial charge >= 0.3 is 5.97 Å². The van der Waals surface area contributed by atoms with Crippen LogP contribution >= 0.6 is 23.2 Å². The second-order valence-corrected chi connectivity index (χ2v) is 4.59. The molecule has 0 unspecified atom stereocenters.